The molecule has 0 saturated heterocycles. The summed E-state index contributed by atoms with van der Waals surface area (Å²) in [5.74, 6) is 2.49. The summed E-state index contributed by atoms with van der Waals surface area (Å²) in [6, 6.07) is 12.2. The Morgan fingerprint density at radius 2 is 1.63 bits per heavy atom. The molecule has 35 heavy (non-hydrogen) atoms. The molecule has 0 bridgehead atoms. The van der Waals surface area contributed by atoms with E-state index < -0.39 is 0 Å². The van der Waals surface area contributed by atoms with Gasteiger partial charge in [-0.05, 0) is 61.9 Å². The Hall–Kier alpha value is -4.47. The van der Waals surface area contributed by atoms with Gasteiger partial charge in [0.05, 0.1) is 12.2 Å². The van der Waals surface area contributed by atoms with Crippen molar-refractivity contribution in [3.05, 3.63) is 90.4 Å². The summed E-state index contributed by atoms with van der Waals surface area (Å²) in [6.45, 7) is 3.95. The standard InChI is InChI=1S/C25H20F2N8/c1-3-20-24-32-31-15(2)34(24)21-14-29-25(30-23(21)35(20)19-10-8-18(27)9-11-19)33-13-12-28-22(33)16-4-6-17(26)7-5-16/h4-14,20H,3H2,1-2H3. The minimum absolute atomic E-state index is 0.170. The third-order valence-electron chi connectivity index (χ3n) is 6.12. The Morgan fingerprint density at radius 3 is 2.34 bits per heavy atom. The maximum Gasteiger partial charge on any atom is 0.237 e. The van der Waals surface area contributed by atoms with Crippen LogP contribution in [0, 0.1) is 18.6 Å². The van der Waals surface area contributed by atoms with Crippen molar-refractivity contribution in [1.82, 2.24) is 34.3 Å². The Bertz CT molecular complexity index is 1520. The van der Waals surface area contributed by atoms with Crippen LogP contribution in [0.4, 0.5) is 20.3 Å². The normalized spacial score (nSPS) is 14.6. The van der Waals surface area contributed by atoms with Crippen LogP contribution < -0.4 is 4.90 Å². The average molecular weight is 470 g/mol. The fourth-order valence-electron chi connectivity index (χ4n) is 4.51. The first-order valence-electron chi connectivity index (χ1n) is 11.2. The summed E-state index contributed by atoms with van der Waals surface area (Å²) < 4.78 is 30.9. The van der Waals surface area contributed by atoms with Crippen LogP contribution in [0.2, 0.25) is 0 Å². The number of anilines is 2. The molecule has 0 saturated carbocycles. The number of aromatic nitrogens is 7. The van der Waals surface area contributed by atoms with Gasteiger partial charge in [0.1, 0.15) is 29.0 Å². The zero-order valence-corrected chi connectivity index (χ0v) is 19.0. The smallest absolute Gasteiger partial charge is 0.237 e. The molecule has 1 aliphatic heterocycles. The van der Waals surface area contributed by atoms with Gasteiger partial charge >= 0.3 is 0 Å². The lowest BCUT2D eigenvalue weighted by atomic mass is 10.1. The highest BCUT2D eigenvalue weighted by Gasteiger charge is 2.36. The molecule has 0 spiro atoms. The third-order valence-corrected chi connectivity index (χ3v) is 6.12. The molecule has 2 aromatic carbocycles. The molecule has 1 aliphatic rings. The van der Waals surface area contributed by atoms with E-state index in [0.29, 0.717) is 17.6 Å². The first-order chi connectivity index (χ1) is 17.0. The highest BCUT2D eigenvalue weighted by atomic mass is 19.1. The average Bonchev–Trinajstić information content (AvgIpc) is 3.51. The summed E-state index contributed by atoms with van der Waals surface area (Å²) >= 11 is 0. The predicted molar refractivity (Wildman–Crippen MR) is 126 cm³/mol. The van der Waals surface area contributed by atoms with Gasteiger partial charge in [-0.15, -0.1) is 10.2 Å². The van der Waals surface area contributed by atoms with Crippen LogP contribution in [-0.2, 0) is 0 Å². The number of rotatable bonds is 4. The van der Waals surface area contributed by atoms with Crippen LogP contribution in [0.3, 0.4) is 0 Å². The monoisotopic (exact) mass is 470 g/mol. The van der Waals surface area contributed by atoms with E-state index in [1.807, 2.05) is 16.4 Å². The Labute approximate surface area is 199 Å². The minimum Gasteiger partial charge on any atom is -0.314 e. The van der Waals surface area contributed by atoms with Crippen molar-refractivity contribution in [3.63, 3.8) is 0 Å². The van der Waals surface area contributed by atoms with Crippen molar-refractivity contribution in [2.45, 2.75) is 26.3 Å². The fourth-order valence-corrected chi connectivity index (χ4v) is 4.51. The lowest BCUT2D eigenvalue weighted by molar-refractivity contribution is 0.585. The number of halogens is 2. The third kappa shape index (κ3) is 3.37. The van der Waals surface area contributed by atoms with Crippen LogP contribution in [0.25, 0.3) is 23.0 Å². The molecular weight excluding hydrogens is 450 g/mol. The minimum atomic E-state index is -0.322. The number of fused-ring (bicyclic) bond motifs is 3. The molecule has 0 N–H and O–H groups in total. The van der Waals surface area contributed by atoms with Crippen molar-refractivity contribution in [1.29, 1.82) is 0 Å². The van der Waals surface area contributed by atoms with Crippen LogP contribution in [0.1, 0.15) is 31.0 Å². The van der Waals surface area contributed by atoms with Gasteiger partial charge in [0.15, 0.2) is 11.6 Å². The number of imidazole rings is 1. The van der Waals surface area contributed by atoms with E-state index in [1.54, 1.807) is 47.4 Å². The highest BCUT2D eigenvalue weighted by molar-refractivity contribution is 5.72. The molecule has 4 heterocycles. The molecular formula is C25H20F2N8. The topological polar surface area (TPSA) is 77.5 Å². The van der Waals surface area contributed by atoms with Crippen molar-refractivity contribution < 1.29 is 8.78 Å². The van der Waals surface area contributed by atoms with E-state index in [-0.39, 0.29) is 17.7 Å². The summed E-state index contributed by atoms with van der Waals surface area (Å²) in [5.41, 5.74) is 2.24. The lowest BCUT2D eigenvalue weighted by Gasteiger charge is -2.37. The van der Waals surface area contributed by atoms with Gasteiger partial charge in [0, 0.05) is 23.6 Å². The van der Waals surface area contributed by atoms with Crippen molar-refractivity contribution in [3.8, 4) is 23.0 Å². The number of aryl methyl sites for hydroxylation is 1. The molecule has 0 radical (unpaired) electrons. The van der Waals surface area contributed by atoms with Gasteiger partial charge in [-0.25, -0.2) is 18.7 Å². The highest BCUT2D eigenvalue weighted by Crippen LogP contribution is 2.43. The number of hydrogen-bond acceptors (Lipinski definition) is 6. The van der Waals surface area contributed by atoms with Crippen molar-refractivity contribution in [2.75, 3.05) is 4.90 Å². The number of nitrogens with zero attached hydrogens (tertiary/aromatic N) is 8. The van der Waals surface area contributed by atoms with Crippen molar-refractivity contribution in [2.24, 2.45) is 0 Å². The summed E-state index contributed by atoms with van der Waals surface area (Å²) in [7, 11) is 0. The summed E-state index contributed by atoms with van der Waals surface area (Å²) in [6.07, 6.45) is 5.86. The molecule has 1 unspecified atom stereocenters. The quantitative estimate of drug-likeness (QED) is 0.364. The van der Waals surface area contributed by atoms with Crippen LogP contribution in [0.5, 0.6) is 0 Å². The van der Waals surface area contributed by atoms with Crippen LogP contribution in [0.15, 0.2) is 67.1 Å². The van der Waals surface area contributed by atoms with Gasteiger partial charge in [-0.3, -0.25) is 9.13 Å². The number of hydrogen-bond donors (Lipinski definition) is 0. The van der Waals surface area contributed by atoms with Gasteiger partial charge in [-0.1, -0.05) is 6.92 Å². The molecule has 0 fully saturated rings. The molecule has 174 valence electrons. The second-order valence-electron chi connectivity index (χ2n) is 8.22. The first-order valence-corrected chi connectivity index (χ1v) is 11.2. The summed E-state index contributed by atoms with van der Waals surface area (Å²) in [5, 5.41) is 8.73. The van der Waals surface area contributed by atoms with E-state index in [1.165, 1.54) is 24.3 Å². The molecule has 1 atom stereocenters. The zero-order valence-electron chi connectivity index (χ0n) is 19.0. The first kappa shape index (κ1) is 21.1. The van der Waals surface area contributed by atoms with Crippen LogP contribution >= 0.6 is 0 Å². The van der Waals surface area contributed by atoms with Crippen LogP contribution in [-0.4, -0.2) is 34.3 Å². The molecule has 0 aliphatic carbocycles. The number of benzene rings is 2. The predicted octanol–water partition coefficient (Wildman–Crippen LogP) is 5.10. The zero-order chi connectivity index (χ0) is 24.1. The van der Waals surface area contributed by atoms with Crippen molar-refractivity contribution >= 4 is 11.5 Å². The van der Waals surface area contributed by atoms with E-state index >= 15 is 0 Å². The molecule has 5 aromatic rings. The van der Waals surface area contributed by atoms with E-state index in [0.717, 1.165) is 35.0 Å². The Morgan fingerprint density at radius 1 is 0.914 bits per heavy atom. The second-order valence-corrected chi connectivity index (χ2v) is 8.22. The molecule has 0 amide bonds. The molecule has 8 nitrogen and oxygen atoms in total. The van der Waals surface area contributed by atoms with E-state index in [4.69, 9.17) is 4.98 Å². The maximum absolute atomic E-state index is 13.7. The van der Waals surface area contributed by atoms with E-state index in [2.05, 4.69) is 27.1 Å². The van der Waals surface area contributed by atoms with Gasteiger partial charge in [-0.2, -0.15) is 4.98 Å². The lowest BCUT2D eigenvalue weighted by Crippen LogP contribution is -2.33. The van der Waals surface area contributed by atoms with Gasteiger partial charge in [0.2, 0.25) is 5.95 Å². The largest absolute Gasteiger partial charge is 0.314 e. The fraction of sp³-hybridized carbons (Fsp3) is 0.160. The van der Waals surface area contributed by atoms with Gasteiger partial charge < -0.3 is 4.90 Å². The Balaban J connectivity index is 1.55. The molecule has 3 aromatic heterocycles. The Kier molecular flexibility index (Phi) is 4.87. The van der Waals surface area contributed by atoms with Gasteiger partial charge in [0.25, 0.3) is 0 Å². The maximum atomic E-state index is 13.7. The second kappa shape index (κ2) is 8.08. The summed E-state index contributed by atoms with van der Waals surface area (Å²) in [4.78, 5) is 16.1. The SMILES string of the molecule is CCC1c2nnc(C)n2-c2cnc(-n3ccnc3-c3ccc(F)cc3)nc2N1c1ccc(F)cc1. The molecule has 10 heteroatoms. The van der Waals surface area contributed by atoms with E-state index in [9.17, 15) is 8.78 Å². The molecule has 6 rings (SSSR count).